The minimum absolute atomic E-state index is 0.0437. The standard InChI is InChI=1S/C13H20N6O2/c1-6-20-13-17-11(14-5)16-12(18-13)15-7(2)10-8(3)19-21-9(10)4/h7H,6H2,1-5H3,(H2,14,15,16,17,18). The fraction of sp³-hybridized carbons (Fsp3) is 0.538. The van der Waals surface area contributed by atoms with Gasteiger partial charge >= 0.3 is 6.01 Å². The number of hydrogen-bond acceptors (Lipinski definition) is 8. The number of nitrogens with zero attached hydrogens (tertiary/aromatic N) is 4. The molecular weight excluding hydrogens is 272 g/mol. The Labute approximate surface area is 123 Å². The zero-order chi connectivity index (χ0) is 15.4. The van der Waals surface area contributed by atoms with E-state index in [1.54, 1.807) is 7.05 Å². The van der Waals surface area contributed by atoms with E-state index >= 15 is 0 Å². The first-order valence-corrected chi connectivity index (χ1v) is 6.81. The molecule has 0 spiro atoms. The van der Waals surface area contributed by atoms with E-state index < -0.39 is 0 Å². The van der Waals surface area contributed by atoms with Gasteiger partial charge in [0.1, 0.15) is 5.76 Å². The average Bonchev–Trinajstić information content (AvgIpc) is 2.78. The predicted molar refractivity (Wildman–Crippen MR) is 78.6 cm³/mol. The quantitative estimate of drug-likeness (QED) is 0.835. The van der Waals surface area contributed by atoms with Crippen LogP contribution in [0.5, 0.6) is 6.01 Å². The third-order valence-electron chi connectivity index (χ3n) is 2.98. The summed E-state index contributed by atoms with van der Waals surface area (Å²) >= 11 is 0. The first-order valence-electron chi connectivity index (χ1n) is 6.81. The van der Waals surface area contributed by atoms with Crippen molar-refractivity contribution < 1.29 is 9.26 Å². The van der Waals surface area contributed by atoms with E-state index in [1.807, 2.05) is 27.7 Å². The van der Waals surface area contributed by atoms with Gasteiger partial charge in [0.05, 0.1) is 18.3 Å². The number of ether oxygens (including phenoxy) is 1. The molecular formula is C13H20N6O2. The molecule has 0 fully saturated rings. The van der Waals surface area contributed by atoms with Crippen LogP contribution in [0.1, 0.15) is 36.9 Å². The Bertz CT molecular complexity index is 593. The number of hydrogen-bond donors (Lipinski definition) is 2. The Morgan fingerprint density at radius 1 is 1.19 bits per heavy atom. The third kappa shape index (κ3) is 3.39. The SMILES string of the molecule is CCOc1nc(NC)nc(NC(C)c2c(C)noc2C)n1. The second kappa shape index (κ2) is 6.38. The van der Waals surface area contributed by atoms with Crippen molar-refractivity contribution in [2.75, 3.05) is 24.3 Å². The first kappa shape index (κ1) is 15.0. The van der Waals surface area contributed by atoms with Crippen molar-refractivity contribution >= 4 is 11.9 Å². The lowest BCUT2D eigenvalue weighted by Gasteiger charge is -2.14. The van der Waals surface area contributed by atoms with Crippen LogP contribution in [0.4, 0.5) is 11.9 Å². The molecule has 2 heterocycles. The van der Waals surface area contributed by atoms with Gasteiger partial charge in [-0.05, 0) is 27.7 Å². The summed E-state index contributed by atoms with van der Waals surface area (Å²) in [6, 6.07) is 0.239. The monoisotopic (exact) mass is 292 g/mol. The van der Waals surface area contributed by atoms with Crippen molar-refractivity contribution in [2.45, 2.75) is 33.7 Å². The molecule has 8 heteroatoms. The zero-order valence-electron chi connectivity index (χ0n) is 12.9. The van der Waals surface area contributed by atoms with Crippen molar-refractivity contribution in [1.29, 1.82) is 0 Å². The minimum atomic E-state index is -0.0437. The molecule has 1 atom stereocenters. The van der Waals surface area contributed by atoms with Crippen LogP contribution in [0.25, 0.3) is 0 Å². The van der Waals surface area contributed by atoms with E-state index in [1.165, 1.54) is 0 Å². The molecule has 114 valence electrons. The number of aromatic nitrogens is 4. The normalized spacial score (nSPS) is 12.0. The van der Waals surface area contributed by atoms with Gasteiger partial charge < -0.3 is 19.9 Å². The molecule has 2 N–H and O–H groups in total. The molecule has 2 rings (SSSR count). The van der Waals surface area contributed by atoms with Gasteiger partial charge in [0.25, 0.3) is 0 Å². The summed E-state index contributed by atoms with van der Waals surface area (Å²) in [5, 5.41) is 10.1. The van der Waals surface area contributed by atoms with Crippen molar-refractivity contribution in [3.8, 4) is 6.01 Å². The van der Waals surface area contributed by atoms with Crippen LogP contribution in [0.3, 0.4) is 0 Å². The maximum absolute atomic E-state index is 5.34. The Morgan fingerprint density at radius 2 is 1.90 bits per heavy atom. The summed E-state index contributed by atoms with van der Waals surface area (Å²) in [6.45, 7) is 8.15. The minimum Gasteiger partial charge on any atom is -0.464 e. The van der Waals surface area contributed by atoms with Gasteiger partial charge in [-0.3, -0.25) is 0 Å². The van der Waals surface area contributed by atoms with Gasteiger partial charge in [-0.1, -0.05) is 5.16 Å². The predicted octanol–water partition coefficient (Wildman–Crippen LogP) is 2.09. The van der Waals surface area contributed by atoms with Crippen LogP contribution < -0.4 is 15.4 Å². The molecule has 0 aliphatic rings. The first-order chi connectivity index (χ1) is 10.0. The Morgan fingerprint density at radius 3 is 2.48 bits per heavy atom. The van der Waals surface area contributed by atoms with Crippen LogP contribution in [0.15, 0.2) is 4.52 Å². The van der Waals surface area contributed by atoms with Gasteiger partial charge in [0.2, 0.25) is 11.9 Å². The van der Waals surface area contributed by atoms with Crippen LogP contribution in [0.2, 0.25) is 0 Å². The highest BCUT2D eigenvalue weighted by atomic mass is 16.5. The highest BCUT2D eigenvalue weighted by molar-refractivity contribution is 5.39. The summed E-state index contributed by atoms with van der Waals surface area (Å²) in [4.78, 5) is 12.6. The van der Waals surface area contributed by atoms with E-state index in [4.69, 9.17) is 9.26 Å². The summed E-state index contributed by atoms with van der Waals surface area (Å²) in [6.07, 6.45) is 0. The number of aryl methyl sites for hydroxylation is 2. The van der Waals surface area contributed by atoms with Crippen molar-refractivity contribution in [1.82, 2.24) is 20.1 Å². The van der Waals surface area contributed by atoms with Crippen LogP contribution in [-0.4, -0.2) is 33.8 Å². The molecule has 0 saturated heterocycles. The van der Waals surface area contributed by atoms with Gasteiger partial charge in [0, 0.05) is 12.6 Å². The van der Waals surface area contributed by atoms with Gasteiger partial charge in [0.15, 0.2) is 0 Å². The highest BCUT2D eigenvalue weighted by Crippen LogP contribution is 2.24. The molecule has 0 saturated carbocycles. The van der Waals surface area contributed by atoms with E-state index in [9.17, 15) is 0 Å². The number of rotatable bonds is 6. The molecule has 2 aromatic heterocycles. The molecule has 8 nitrogen and oxygen atoms in total. The summed E-state index contributed by atoms with van der Waals surface area (Å²) < 4.78 is 10.5. The maximum Gasteiger partial charge on any atom is 0.323 e. The van der Waals surface area contributed by atoms with E-state index in [0.717, 1.165) is 17.0 Å². The Hall–Kier alpha value is -2.38. The fourth-order valence-electron chi connectivity index (χ4n) is 2.10. The van der Waals surface area contributed by atoms with E-state index in [2.05, 4.69) is 30.7 Å². The molecule has 1 unspecified atom stereocenters. The molecule has 0 amide bonds. The lowest BCUT2D eigenvalue weighted by atomic mass is 10.1. The fourth-order valence-corrected chi connectivity index (χ4v) is 2.10. The third-order valence-corrected chi connectivity index (χ3v) is 2.98. The summed E-state index contributed by atoms with van der Waals surface area (Å²) in [7, 11) is 1.74. The summed E-state index contributed by atoms with van der Waals surface area (Å²) in [5.74, 6) is 1.66. The highest BCUT2D eigenvalue weighted by Gasteiger charge is 2.18. The lowest BCUT2D eigenvalue weighted by Crippen LogP contribution is -2.13. The van der Waals surface area contributed by atoms with Crippen molar-refractivity contribution in [3.05, 3.63) is 17.0 Å². The molecule has 0 aliphatic heterocycles. The molecule has 21 heavy (non-hydrogen) atoms. The molecule has 0 radical (unpaired) electrons. The maximum atomic E-state index is 5.34. The van der Waals surface area contributed by atoms with E-state index in [0.29, 0.717) is 18.5 Å². The Kier molecular flexibility index (Phi) is 4.56. The number of anilines is 2. The molecule has 2 aromatic rings. The van der Waals surface area contributed by atoms with Crippen LogP contribution >= 0.6 is 0 Å². The smallest absolute Gasteiger partial charge is 0.323 e. The molecule has 0 bridgehead atoms. The zero-order valence-corrected chi connectivity index (χ0v) is 12.9. The molecule has 0 aliphatic carbocycles. The van der Waals surface area contributed by atoms with Crippen molar-refractivity contribution in [3.63, 3.8) is 0 Å². The largest absolute Gasteiger partial charge is 0.464 e. The van der Waals surface area contributed by atoms with Crippen LogP contribution in [0, 0.1) is 13.8 Å². The van der Waals surface area contributed by atoms with Crippen molar-refractivity contribution in [2.24, 2.45) is 0 Å². The average molecular weight is 292 g/mol. The lowest BCUT2D eigenvalue weighted by molar-refractivity contribution is 0.312. The number of nitrogens with one attached hydrogen (secondary N) is 2. The Balaban J connectivity index is 2.24. The second-order valence-electron chi connectivity index (χ2n) is 4.55. The topological polar surface area (TPSA) is 98.0 Å². The van der Waals surface area contributed by atoms with Gasteiger partial charge in [-0.2, -0.15) is 15.0 Å². The van der Waals surface area contributed by atoms with Gasteiger partial charge in [-0.25, -0.2) is 0 Å². The van der Waals surface area contributed by atoms with Gasteiger partial charge in [-0.15, -0.1) is 0 Å². The van der Waals surface area contributed by atoms with Crippen LogP contribution in [-0.2, 0) is 0 Å². The van der Waals surface area contributed by atoms with E-state index in [-0.39, 0.29) is 12.1 Å². The summed E-state index contributed by atoms with van der Waals surface area (Å²) in [5.41, 5.74) is 1.85. The molecule has 0 aromatic carbocycles. The second-order valence-corrected chi connectivity index (χ2v) is 4.55.